The molecular weight excluding hydrogens is 243 g/mol. The number of hydrogen-bond donors (Lipinski definition) is 0. The molecule has 1 nitrogen and oxygen atoms in total. The van der Waals surface area contributed by atoms with Gasteiger partial charge in [0.1, 0.15) is 6.29 Å². The van der Waals surface area contributed by atoms with E-state index >= 15 is 0 Å². The molecule has 1 unspecified atom stereocenters. The van der Waals surface area contributed by atoms with Crippen LogP contribution < -0.4 is 0 Å². The van der Waals surface area contributed by atoms with E-state index in [0.29, 0.717) is 22.9 Å². The molecule has 3 heteroatoms. The van der Waals surface area contributed by atoms with E-state index < -0.39 is 5.41 Å². The van der Waals surface area contributed by atoms with Crippen LogP contribution in [0.5, 0.6) is 0 Å². The summed E-state index contributed by atoms with van der Waals surface area (Å²) < 4.78 is 0. The fourth-order valence-electron chi connectivity index (χ4n) is 1.59. The van der Waals surface area contributed by atoms with E-state index in [9.17, 15) is 4.79 Å². The zero-order valence-corrected chi connectivity index (χ0v) is 10.7. The molecule has 0 N–H and O–H groups in total. The normalized spacial score (nSPS) is 14.2. The second-order valence-corrected chi connectivity index (χ2v) is 5.02. The highest BCUT2D eigenvalue weighted by atomic mass is 35.5. The van der Waals surface area contributed by atoms with Crippen LogP contribution >= 0.6 is 23.2 Å². The molecule has 1 aromatic carbocycles. The van der Waals surface area contributed by atoms with E-state index in [0.717, 1.165) is 11.8 Å². The summed E-state index contributed by atoms with van der Waals surface area (Å²) in [5, 5.41) is 1.20. The first-order chi connectivity index (χ1) is 7.50. The lowest BCUT2D eigenvalue weighted by Gasteiger charge is -2.21. The summed E-state index contributed by atoms with van der Waals surface area (Å²) in [7, 11) is 0. The fraction of sp³-hybridized carbons (Fsp3) is 0.308. The number of aldehydes is 1. The van der Waals surface area contributed by atoms with Crippen LogP contribution in [0.2, 0.25) is 10.0 Å². The van der Waals surface area contributed by atoms with Crippen LogP contribution in [0.15, 0.2) is 30.9 Å². The topological polar surface area (TPSA) is 17.1 Å². The van der Waals surface area contributed by atoms with Crippen molar-refractivity contribution in [2.45, 2.75) is 19.8 Å². The van der Waals surface area contributed by atoms with Gasteiger partial charge in [0.15, 0.2) is 0 Å². The molecule has 0 radical (unpaired) electrons. The van der Waals surface area contributed by atoms with Crippen molar-refractivity contribution in [2.75, 3.05) is 0 Å². The molecule has 0 aliphatic heterocycles. The van der Waals surface area contributed by atoms with Gasteiger partial charge in [-0.1, -0.05) is 42.3 Å². The Labute approximate surface area is 106 Å². The third-order valence-corrected chi connectivity index (χ3v) is 3.09. The van der Waals surface area contributed by atoms with Gasteiger partial charge in [0, 0.05) is 15.5 Å². The second-order valence-electron chi connectivity index (χ2n) is 4.18. The maximum atomic E-state index is 11.1. The molecule has 0 aromatic heterocycles. The van der Waals surface area contributed by atoms with Crippen molar-refractivity contribution < 1.29 is 4.79 Å². The van der Waals surface area contributed by atoms with Gasteiger partial charge in [0.2, 0.25) is 0 Å². The van der Waals surface area contributed by atoms with Crippen molar-refractivity contribution in [1.82, 2.24) is 0 Å². The quantitative estimate of drug-likeness (QED) is 0.567. The SMILES string of the molecule is C=CCC(C)(C=O)Cc1ccc(Cl)cc1Cl. The van der Waals surface area contributed by atoms with Gasteiger partial charge in [0.25, 0.3) is 0 Å². The highest BCUT2D eigenvalue weighted by Gasteiger charge is 2.23. The average molecular weight is 257 g/mol. The van der Waals surface area contributed by atoms with Gasteiger partial charge in [-0.25, -0.2) is 0 Å². The summed E-state index contributed by atoms with van der Waals surface area (Å²) >= 11 is 11.9. The van der Waals surface area contributed by atoms with Crippen LogP contribution in [0.3, 0.4) is 0 Å². The minimum absolute atomic E-state index is 0.445. The average Bonchev–Trinajstić information content (AvgIpc) is 2.23. The van der Waals surface area contributed by atoms with Crippen LogP contribution in [-0.2, 0) is 11.2 Å². The predicted molar refractivity (Wildman–Crippen MR) is 69.2 cm³/mol. The number of benzene rings is 1. The smallest absolute Gasteiger partial charge is 0.126 e. The van der Waals surface area contributed by atoms with Gasteiger partial charge in [0.05, 0.1) is 0 Å². The number of rotatable bonds is 5. The van der Waals surface area contributed by atoms with E-state index in [1.165, 1.54) is 0 Å². The number of carbonyl (C=O) groups is 1. The van der Waals surface area contributed by atoms with Gasteiger partial charge >= 0.3 is 0 Å². The first-order valence-corrected chi connectivity index (χ1v) is 5.77. The first kappa shape index (κ1) is 13.3. The van der Waals surface area contributed by atoms with Crippen LogP contribution in [-0.4, -0.2) is 6.29 Å². The van der Waals surface area contributed by atoms with Gasteiger partial charge in [-0.2, -0.15) is 0 Å². The molecule has 1 rings (SSSR count). The lowest BCUT2D eigenvalue weighted by atomic mass is 9.82. The molecule has 0 bridgehead atoms. The standard InChI is InChI=1S/C13H14Cl2O/c1-3-6-13(2,9-16)8-10-4-5-11(14)7-12(10)15/h3-5,7,9H,1,6,8H2,2H3. The van der Waals surface area contributed by atoms with E-state index in [1.807, 2.05) is 13.0 Å². The summed E-state index contributed by atoms with van der Waals surface area (Å²) in [6, 6.07) is 5.33. The van der Waals surface area contributed by atoms with Gasteiger partial charge in [-0.05, 0) is 30.5 Å². The maximum absolute atomic E-state index is 11.1. The van der Waals surface area contributed by atoms with Crippen molar-refractivity contribution in [3.63, 3.8) is 0 Å². The summed E-state index contributed by atoms with van der Waals surface area (Å²) in [4.78, 5) is 11.1. The maximum Gasteiger partial charge on any atom is 0.126 e. The monoisotopic (exact) mass is 256 g/mol. The molecule has 16 heavy (non-hydrogen) atoms. The summed E-state index contributed by atoms with van der Waals surface area (Å²) in [5.74, 6) is 0. The van der Waals surface area contributed by atoms with Crippen molar-refractivity contribution >= 4 is 29.5 Å². The lowest BCUT2D eigenvalue weighted by molar-refractivity contribution is -0.115. The third-order valence-electron chi connectivity index (χ3n) is 2.50. The molecule has 0 aliphatic carbocycles. The molecule has 0 aliphatic rings. The Morgan fingerprint density at radius 3 is 2.62 bits per heavy atom. The van der Waals surface area contributed by atoms with Crippen molar-refractivity contribution in [1.29, 1.82) is 0 Å². The molecule has 0 fully saturated rings. The van der Waals surface area contributed by atoms with E-state index in [4.69, 9.17) is 23.2 Å². The lowest BCUT2D eigenvalue weighted by Crippen LogP contribution is -2.20. The zero-order chi connectivity index (χ0) is 12.2. The molecular formula is C13H14Cl2O. The van der Waals surface area contributed by atoms with Crippen LogP contribution in [0.4, 0.5) is 0 Å². The number of carbonyl (C=O) groups excluding carboxylic acids is 1. The van der Waals surface area contributed by atoms with Gasteiger partial charge < -0.3 is 4.79 Å². The molecule has 0 heterocycles. The summed E-state index contributed by atoms with van der Waals surface area (Å²) in [5.41, 5.74) is 0.488. The van der Waals surface area contributed by atoms with Crippen molar-refractivity contribution in [3.8, 4) is 0 Å². The molecule has 1 atom stereocenters. The Morgan fingerprint density at radius 1 is 1.44 bits per heavy atom. The Hall–Kier alpha value is -0.790. The van der Waals surface area contributed by atoms with Crippen molar-refractivity contribution in [3.05, 3.63) is 46.5 Å². The Balaban J connectivity index is 2.94. The molecule has 86 valence electrons. The van der Waals surface area contributed by atoms with E-state index in [2.05, 4.69) is 6.58 Å². The highest BCUT2D eigenvalue weighted by molar-refractivity contribution is 6.35. The predicted octanol–water partition coefficient (Wildman–Crippen LogP) is 4.32. The Kier molecular flexibility index (Phi) is 4.57. The molecule has 0 amide bonds. The molecule has 0 spiro atoms. The minimum Gasteiger partial charge on any atom is -0.303 e. The second kappa shape index (κ2) is 5.51. The minimum atomic E-state index is -0.445. The van der Waals surface area contributed by atoms with E-state index in [1.54, 1.807) is 18.2 Å². The highest BCUT2D eigenvalue weighted by Crippen LogP contribution is 2.29. The van der Waals surface area contributed by atoms with Gasteiger partial charge in [-0.3, -0.25) is 0 Å². The first-order valence-electron chi connectivity index (χ1n) is 5.02. The summed E-state index contributed by atoms with van der Waals surface area (Å²) in [6.45, 7) is 5.55. The number of halogens is 2. The zero-order valence-electron chi connectivity index (χ0n) is 9.17. The largest absolute Gasteiger partial charge is 0.303 e. The molecule has 0 saturated heterocycles. The van der Waals surface area contributed by atoms with Crippen LogP contribution in [0, 0.1) is 5.41 Å². The molecule has 0 saturated carbocycles. The summed E-state index contributed by atoms with van der Waals surface area (Å²) in [6.07, 6.45) is 3.94. The van der Waals surface area contributed by atoms with Crippen molar-refractivity contribution in [2.24, 2.45) is 5.41 Å². The van der Waals surface area contributed by atoms with Crippen LogP contribution in [0.1, 0.15) is 18.9 Å². The number of allylic oxidation sites excluding steroid dienone is 1. The molecule has 1 aromatic rings. The van der Waals surface area contributed by atoms with Crippen LogP contribution in [0.25, 0.3) is 0 Å². The fourth-order valence-corrected chi connectivity index (χ4v) is 2.07. The Bertz CT molecular complexity index is 401. The van der Waals surface area contributed by atoms with E-state index in [-0.39, 0.29) is 0 Å². The third kappa shape index (κ3) is 3.36. The number of hydrogen-bond acceptors (Lipinski definition) is 1. The van der Waals surface area contributed by atoms with Gasteiger partial charge in [-0.15, -0.1) is 6.58 Å². The Morgan fingerprint density at radius 2 is 2.12 bits per heavy atom.